The number of carbonyl (C=O) groups is 1. The van der Waals surface area contributed by atoms with Gasteiger partial charge in [-0.05, 0) is 36.8 Å². The minimum absolute atomic E-state index is 0.0514. The third kappa shape index (κ3) is 2.08. The Kier molecular flexibility index (Phi) is 3.08. The highest BCUT2D eigenvalue weighted by Crippen LogP contribution is 2.42. The highest BCUT2D eigenvalue weighted by molar-refractivity contribution is 5.96. The van der Waals surface area contributed by atoms with Crippen molar-refractivity contribution in [2.75, 3.05) is 4.90 Å². The maximum atomic E-state index is 12.5. The smallest absolute Gasteiger partial charge is 0.224 e. The van der Waals surface area contributed by atoms with Crippen LogP contribution < -0.4 is 4.90 Å². The van der Waals surface area contributed by atoms with E-state index in [-0.39, 0.29) is 11.9 Å². The summed E-state index contributed by atoms with van der Waals surface area (Å²) in [5.74, 6) is 0.0514. The van der Waals surface area contributed by atoms with Crippen molar-refractivity contribution in [1.29, 1.82) is 0 Å². The molecule has 0 saturated carbocycles. The average Bonchev–Trinajstić information content (AvgIpc) is 3.04. The van der Waals surface area contributed by atoms with E-state index in [9.17, 15) is 4.79 Å². The predicted molar refractivity (Wildman–Crippen MR) is 92.0 cm³/mol. The maximum absolute atomic E-state index is 12.5. The van der Waals surface area contributed by atoms with E-state index in [2.05, 4.69) is 54.1 Å². The molecule has 3 heteroatoms. The number of hydrogen-bond acceptors (Lipinski definition) is 1. The van der Waals surface area contributed by atoms with Gasteiger partial charge in [0, 0.05) is 13.1 Å². The molecule has 0 N–H and O–H groups in total. The molecule has 0 fully saturated rings. The number of anilines is 1. The number of para-hydroxylation sites is 2. The highest BCUT2D eigenvalue weighted by Gasteiger charge is 2.34. The molecule has 0 aliphatic carbocycles. The fourth-order valence-electron chi connectivity index (χ4n) is 3.40. The van der Waals surface area contributed by atoms with Gasteiger partial charge in [-0.1, -0.05) is 42.0 Å². The summed E-state index contributed by atoms with van der Waals surface area (Å²) in [7, 11) is 0. The van der Waals surface area contributed by atoms with Gasteiger partial charge < -0.3 is 4.57 Å². The van der Waals surface area contributed by atoms with Crippen LogP contribution in [0.5, 0.6) is 0 Å². The average molecular weight is 302 g/mol. The van der Waals surface area contributed by atoms with Crippen LogP contribution in [0.1, 0.15) is 29.8 Å². The summed E-state index contributed by atoms with van der Waals surface area (Å²) >= 11 is 0. The highest BCUT2D eigenvalue weighted by atomic mass is 16.2. The summed E-state index contributed by atoms with van der Waals surface area (Å²) in [5, 5.41) is 0. The Bertz CT molecular complexity index is 877. The number of hydrogen-bond donors (Lipinski definition) is 0. The molecule has 0 saturated heterocycles. The van der Waals surface area contributed by atoms with Crippen LogP contribution in [-0.4, -0.2) is 10.5 Å². The van der Waals surface area contributed by atoms with Crippen LogP contribution >= 0.6 is 0 Å². The third-order valence-corrected chi connectivity index (χ3v) is 4.45. The Balaban J connectivity index is 1.98. The molecule has 1 atom stereocenters. The monoisotopic (exact) mass is 302 g/mol. The number of amides is 1. The van der Waals surface area contributed by atoms with E-state index in [0.717, 1.165) is 22.6 Å². The largest absolute Gasteiger partial charge is 0.316 e. The van der Waals surface area contributed by atoms with Gasteiger partial charge in [-0.2, -0.15) is 0 Å². The van der Waals surface area contributed by atoms with Crippen molar-refractivity contribution in [2.24, 2.45) is 0 Å². The Morgan fingerprint density at radius 2 is 1.61 bits per heavy atom. The Morgan fingerprint density at radius 3 is 2.30 bits per heavy atom. The summed E-state index contributed by atoms with van der Waals surface area (Å²) in [6.45, 7) is 3.71. The first-order chi connectivity index (χ1) is 11.2. The normalized spacial score (nSPS) is 15.9. The minimum atomic E-state index is -0.0991. The SMILES string of the molecule is CC(=O)N1c2ccccc2-n2cccc2[C@@H]1c1ccc(C)cc1. The first kappa shape index (κ1) is 13.8. The number of nitrogens with zero attached hydrogens (tertiary/aromatic N) is 2. The predicted octanol–water partition coefficient (Wildman–Crippen LogP) is 4.24. The molecule has 0 unspecified atom stereocenters. The van der Waals surface area contributed by atoms with Gasteiger partial charge in [-0.15, -0.1) is 0 Å². The van der Waals surface area contributed by atoms with Gasteiger partial charge in [0.15, 0.2) is 0 Å². The van der Waals surface area contributed by atoms with Crippen molar-refractivity contribution in [3.63, 3.8) is 0 Å². The molecule has 4 rings (SSSR count). The second kappa shape index (κ2) is 5.13. The topological polar surface area (TPSA) is 25.2 Å². The van der Waals surface area contributed by atoms with Gasteiger partial charge in [0.2, 0.25) is 5.91 Å². The molecular formula is C20H18N2O. The van der Waals surface area contributed by atoms with Gasteiger partial charge in [-0.25, -0.2) is 0 Å². The molecular weight excluding hydrogens is 284 g/mol. The number of benzene rings is 2. The van der Waals surface area contributed by atoms with Crippen LogP contribution in [0.25, 0.3) is 5.69 Å². The second-order valence-electron chi connectivity index (χ2n) is 5.99. The molecule has 1 aliphatic rings. The minimum Gasteiger partial charge on any atom is -0.316 e. The third-order valence-electron chi connectivity index (χ3n) is 4.45. The summed E-state index contributed by atoms with van der Waals surface area (Å²) in [5.41, 5.74) is 5.46. The fourth-order valence-corrected chi connectivity index (χ4v) is 3.40. The first-order valence-electron chi connectivity index (χ1n) is 7.80. The molecule has 2 heterocycles. The van der Waals surface area contributed by atoms with E-state index in [0.29, 0.717) is 0 Å². The van der Waals surface area contributed by atoms with Gasteiger partial charge in [0.25, 0.3) is 0 Å². The molecule has 114 valence electrons. The molecule has 23 heavy (non-hydrogen) atoms. The lowest BCUT2D eigenvalue weighted by Gasteiger charge is -2.38. The van der Waals surface area contributed by atoms with Gasteiger partial charge >= 0.3 is 0 Å². The Labute approximate surface area is 135 Å². The number of rotatable bonds is 1. The van der Waals surface area contributed by atoms with Crippen molar-refractivity contribution < 1.29 is 4.79 Å². The molecule has 1 amide bonds. The molecule has 3 aromatic rings. The quantitative estimate of drug-likeness (QED) is 0.660. The summed E-state index contributed by atoms with van der Waals surface area (Å²) < 4.78 is 2.18. The van der Waals surface area contributed by atoms with Crippen LogP contribution in [-0.2, 0) is 4.79 Å². The van der Waals surface area contributed by atoms with Crippen LogP contribution in [0, 0.1) is 6.92 Å². The lowest BCUT2D eigenvalue weighted by Crippen LogP contribution is -2.38. The first-order valence-corrected chi connectivity index (χ1v) is 7.80. The van der Waals surface area contributed by atoms with E-state index < -0.39 is 0 Å². The van der Waals surface area contributed by atoms with Crippen LogP contribution in [0.2, 0.25) is 0 Å². The molecule has 3 nitrogen and oxygen atoms in total. The van der Waals surface area contributed by atoms with Crippen molar-refractivity contribution >= 4 is 11.6 Å². The lowest BCUT2D eigenvalue weighted by atomic mass is 9.97. The van der Waals surface area contributed by atoms with Crippen molar-refractivity contribution in [3.8, 4) is 5.69 Å². The van der Waals surface area contributed by atoms with Crippen LogP contribution in [0.3, 0.4) is 0 Å². The van der Waals surface area contributed by atoms with Crippen LogP contribution in [0.4, 0.5) is 5.69 Å². The number of carbonyl (C=O) groups excluding carboxylic acids is 1. The van der Waals surface area contributed by atoms with Crippen molar-refractivity contribution in [2.45, 2.75) is 19.9 Å². The standard InChI is InChI=1S/C20H18N2O/c1-14-9-11-16(12-10-14)20-19-8-5-13-21(19)17-6-3-4-7-18(17)22(20)15(2)23/h3-13,20H,1-2H3/t20-/m0/s1. The van der Waals surface area contributed by atoms with Gasteiger partial charge in [0.1, 0.15) is 6.04 Å². The fraction of sp³-hybridized carbons (Fsp3) is 0.150. The molecule has 0 spiro atoms. The molecule has 1 aromatic heterocycles. The van der Waals surface area contributed by atoms with Crippen molar-refractivity contribution in [3.05, 3.63) is 83.7 Å². The maximum Gasteiger partial charge on any atom is 0.224 e. The Hall–Kier alpha value is -2.81. The number of aryl methyl sites for hydroxylation is 1. The van der Waals surface area contributed by atoms with E-state index in [4.69, 9.17) is 0 Å². The summed E-state index contributed by atoms with van der Waals surface area (Å²) in [6.07, 6.45) is 2.06. The van der Waals surface area contributed by atoms with Crippen LogP contribution in [0.15, 0.2) is 66.9 Å². The van der Waals surface area contributed by atoms with Crippen molar-refractivity contribution in [1.82, 2.24) is 4.57 Å². The van der Waals surface area contributed by atoms with E-state index in [1.807, 2.05) is 29.2 Å². The summed E-state index contributed by atoms with van der Waals surface area (Å²) in [4.78, 5) is 14.4. The Morgan fingerprint density at radius 1 is 0.913 bits per heavy atom. The molecule has 2 aromatic carbocycles. The zero-order valence-corrected chi connectivity index (χ0v) is 13.2. The lowest BCUT2D eigenvalue weighted by molar-refractivity contribution is -0.117. The van der Waals surface area contributed by atoms with Gasteiger partial charge in [0.05, 0.1) is 17.1 Å². The number of aromatic nitrogens is 1. The zero-order valence-electron chi connectivity index (χ0n) is 13.2. The summed E-state index contributed by atoms with van der Waals surface area (Å²) in [6, 6.07) is 20.5. The van der Waals surface area contributed by atoms with E-state index in [1.165, 1.54) is 5.56 Å². The second-order valence-corrected chi connectivity index (χ2v) is 5.99. The molecule has 1 aliphatic heterocycles. The molecule has 0 bridgehead atoms. The zero-order chi connectivity index (χ0) is 16.0. The molecule has 0 radical (unpaired) electrons. The van der Waals surface area contributed by atoms with E-state index in [1.54, 1.807) is 6.92 Å². The van der Waals surface area contributed by atoms with Gasteiger partial charge in [-0.3, -0.25) is 9.69 Å². The van der Waals surface area contributed by atoms with E-state index >= 15 is 0 Å². The number of fused-ring (bicyclic) bond motifs is 3.